The van der Waals surface area contributed by atoms with Crippen LogP contribution in [0.25, 0.3) is 0 Å². The first kappa shape index (κ1) is 9.92. The molecule has 0 aliphatic carbocycles. The molecule has 2 radical (unpaired) electrons. The van der Waals surface area contributed by atoms with E-state index in [9.17, 15) is 0 Å². The topological polar surface area (TPSA) is 0 Å². The first-order valence-electron chi connectivity index (χ1n) is 1.56. The molecule has 0 heterocycles. The van der Waals surface area contributed by atoms with E-state index in [-0.39, 0.29) is 0 Å². The maximum Gasteiger partial charge on any atom is 0.214 e. The van der Waals surface area contributed by atoms with Gasteiger partial charge in [-0.25, -0.2) is 11.5 Å². The monoisotopic (exact) mass is 122 g/mol. The first-order chi connectivity index (χ1) is 2.73. The molecule has 0 aromatic carbocycles. The smallest absolute Gasteiger partial charge is 0.214 e. The van der Waals surface area contributed by atoms with Gasteiger partial charge in [-0.3, -0.25) is 0 Å². The van der Waals surface area contributed by atoms with Crippen LogP contribution in [0.3, 0.4) is 0 Å². The molecule has 0 rings (SSSR count). The van der Waals surface area contributed by atoms with Crippen molar-refractivity contribution in [1.82, 2.24) is 0 Å². The predicted octanol–water partition coefficient (Wildman–Crippen LogP) is 1.67. The molecule has 6 heavy (non-hydrogen) atoms. The normalized spacial score (nSPS) is 6.83. The minimum atomic E-state index is 0.380. The van der Waals surface area contributed by atoms with E-state index in [4.69, 9.17) is 0 Å². The maximum absolute atomic E-state index is 4.14. The Hall–Kier alpha value is 0.785. The van der Waals surface area contributed by atoms with E-state index in [2.05, 4.69) is 38.7 Å². The van der Waals surface area contributed by atoms with Gasteiger partial charge in [0, 0.05) is 0 Å². The zero-order chi connectivity index (χ0) is 5.58. The van der Waals surface area contributed by atoms with Gasteiger partial charge in [0.05, 0.1) is 0 Å². The fraction of sp³-hybridized carbons (Fsp3) is 1.00. The second-order valence-electron chi connectivity index (χ2n) is 1.34. The van der Waals surface area contributed by atoms with Gasteiger partial charge < -0.3 is 0 Å². The summed E-state index contributed by atoms with van der Waals surface area (Å²) in [7, 11) is 4.35. The Morgan fingerprint density at radius 1 is 1.17 bits per heavy atom. The minimum absolute atomic E-state index is 0.380. The lowest BCUT2D eigenvalue weighted by molar-refractivity contribution is 2.13. The molecule has 0 bridgehead atoms. The Labute approximate surface area is 47.3 Å². The highest BCUT2D eigenvalue weighted by molar-refractivity contribution is 7.55. The Morgan fingerprint density at radius 2 is 1.17 bits per heavy atom. The molecule has 36 valence electrons. The van der Waals surface area contributed by atoms with Crippen molar-refractivity contribution in [1.29, 1.82) is 0 Å². The first-order valence-corrected chi connectivity index (χ1v) is 4.68. The molecule has 0 aromatic heterocycles. The molecule has 0 fully saturated rings. The molecule has 0 nitrogen and oxygen atoms in total. The highest BCUT2D eigenvalue weighted by Gasteiger charge is 1.65. The molecule has 0 saturated carbocycles. The lowest BCUT2D eigenvalue weighted by Crippen LogP contribution is -1.48. The molecule has 0 saturated heterocycles. The number of hydrogen-bond acceptors (Lipinski definition) is 0. The van der Waals surface area contributed by atoms with Gasteiger partial charge in [0.15, 0.2) is 0 Å². The quantitative estimate of drug-likeness (QED) is 0.339. The summed E-state index contributed by atoms with van der Waals surface area (Å²) in [5.41, 5.74) is 0. The summed E-state index contributed by atoms with van der Waals surface area (Å²) in [5, 5.41) is 0. The summed E-state index contributed by atoms with van der Waals surface area (Å²) in [4.78, 5) is 0. The van der Waals surface area contributed by atoms with Crippen molar-refractivity contribution >= 4 is 26.6 Å². The van der Waals surface area contributed by atoms with Crippen molar-refractivity contribution < 1.29 is 0 Å². The molecular weight excluding hydrogens is 113 g/mol. The second-order valence-corrected chi connectivity index (χ2v) is 4.02. The molecule has 0 atom stereocenters. The fourth-order valence-corrected chi connectivity index (χ4v) is 0. The number of hydrogen-bond donors (Lipinski definition) is 0. The van der Waals surface area contributed by atoms with Gasteiger partial charge >= 0.3 is 0 Å². The van der Waals surface area contributed by atoms with Crippen LogP contribution in [-0.2, 0) is 0 Å². The van der Waals surface area contributed by atoms with E-state index in [0.717, 1.165) is 0 Å². The Balaban J connectivity index is 0. The van der Waals surface area contributed by atoms with E-state index >= 15 is 0 Å². The lowest BCUT2D eigenvalue weighted by atomic mass is 10.8. The molecular formula is C3H9BClP. The van der Waals surface area contributed by atoms with Gasteiger partial charge in [-0.2, -0.15) is 0 Å². The third-order valence-electron chi connectivity index (χ3n) is 0. The van der Waals surface area contributed by atoms with E-state index in [1.165, 1.54) is 0 Å². The lowest BCUT2D eigenvalue weighted by Gasteiger charge is -1.81. The van der Waals surface area contributed by atoms with Crippen molar-refractivity contribution in [2.45, 2.75) is 0 Å². The Bertz CT molecular complexity index is 15.5. The predicted molar refractivity (Wildman–Crippen MR) is 36.3 cm³/mol. The highest BCUT2D eigenvalue weighted by atomic mass is 35.5. The molecule has 0 amide bonds. The van der Waals surface area contributed by atoms with Crippen LogP contribution in [0.5, 0.6) is 0 Å². The van der Waals surface area contributed by atoms with Gasteiger partial charge in [-0.05, 0) is 20.0 Å². The molecule has 0 aromatic rings. The van der Waals surface area contributed by atoms with E-state index in [0.29, 0.717) is 7.92 Å². The average molecular weight is 122 g/mol. The van der Waals surface area contributed by atoms with Crippen LogP contribution >= 0.6 is 19.4 Å². The largest absolute Gasteiger partial charge is 0.214 e. The van der Waals surface area contributed by atoms with Crippen LogP contribution in [0, 0.1) is 0 Å². The Morgan fingerprint density at radius 3 is 1.17 bits per heavy atom. The summed E-state index contributed by atoms with van der Waals surface area (Å²) in [6, 6.07) is 0. The van der Waals surface area contributed by atoms with E-state index < -0.39 is 0 Å². The zero-order valence-corrected chi connectivity index (χ0v) is 6.05. The Kier molecular flexibility index (Phi) is 15.3. The SMILES string of the molecule is CP(C)C.[B]Cl. The van der Waals surface area contributed by atoms with Gasteiger partial charge in [0.1, 0.15) is 0 Å². The summed E-state index contributed by atoms with van der Waals surface area (Å²) >= 11 is 4.14. The standard InChI is InChI=1S/C3H9P.BCl/c1-4(2)3;1-2/h1-3H3;. The van der Waals surface area contributed by atoms with Crippen LogP contribution in [0.1, 0.15) is 0 Å². The molecule has 0 aliphatic heterocycles. The van der Waals surface area contributed by atoms with Crippen LogP contribution in [0.15, 0.2) is 0 Å². The van der Waals surface area contributed by atoms with Crippen LogP contribution in [0.4, 0.5) is 0 Å². The van der Waals surface area contributed by atoms with Gasteiger partial charge in [0.2, 0.25) is 7.26 Å². The number of rotatable bonds is 0. The van der Waals surface area contributed by atoms with Crippen molar-refractivity contribution in [2.75, 3.05) is 20.0 Å². The van der Waals surface area contributed by atoms with Crippen LogP contribution in [-0.4, -0.2) is 27.3 Å². The van der Waals surface area contributed by atoms with Gasteiger partial charge in [-0.15, -0.1) is 7.92 Å². The van der Waals surface area contributed by atoms with Crippen molar-refractivity contribution in [3.8, 4) is 0 Å². The summed E-state index contributed by atoms with van der Waals surface area (Å²) in [6.45, 7) is 6.69. The highest BCUT2D eigenvalue weighted by Crippen LogP contribution is 2.14. The zero-order valence-electron chi connectivity index (χ0n) is 4.40. The van der Waals surface area contributed by atoms with Crippen molar-refractivity contribution in [3.05, 3.63) is 0 Å². The van der Waals surface area contributed by atoms with E-state index in [1.807, 2.05) is 0 Å². The third-order valence-corrected chi connectivity index (χ3v) is 0. The summed E-state index contributed by atoms with van der Waals surface area (Å²) in [5.74, 6) is 0. The minimum Gasteiger partial charge on any atom is -0.214 e. The molecule has 0 aliphatic rings. The van der Waals surface area contributed by atoms with Gasteiger partial charge in [-0.1, -0.05) is 0 Å². The molecule has 0 spiro atoms. The molecule has 0 unspecified atom stereocenters. The second kappa shape index (κ2) is 9.25. The number of halogens is 1. The average Bonchev–Trinajstić information content (AvgIpc) is 1.41. The van der Waals surface area contributed by atoms with Crippen LogP contribution < -0.4 is 0 Å². The molecule has 0 N–H and O–H groups in total. The van der Waals surface area contributed by atoms with Crippen molar-refractivity contribution in [3.63, 3.8) is 0 Å². The molecule has 3 heteroatoms. The third kappa shape index (κ3) is 111. The van der Waals surface area contributed by atoms with E-state index in [1.54, 1.807) is 0 Å². The maximum atomic E-state index is 4.14. The summed E-state index contributed by atoms with van der Waals surface area (Å²) < 4.78 is 0. The summed E-state index contributed by atoms with van der Waals surface area (Å²) in [6.07, 6.45) is 0. The fourth-order valence-electron chi connectivity index (χ4n) is 0. The van der Waals surface area contributed by atoms with Crippen molar-refractivity contribution in [2.24, 2.45) is 0 Å². The van der Waals surface area contributed by atoms with Crippen LogP contribution in [0.2, 0.25) is 0 Å². The van der Waals surface area contributed by atoms with Gasteiger partial charge in [0.25, 0.3) is 0 Å².